The summed E-state index contributed by atoms with van der Waals surface area (Å²) in [5.41, 5.74) is 5.77. The van der Waals surface area contributed by atoms with Crippen molar-refractivity contribution in [3.8, 4) is 12.1 Å². The van der Waals surface area contributed by atoms with E-state index in [2.05, 4.69) is 15.1 Å². The zero-order valence-corrected chi connectivity index (χ0v) is 24.4. The summed E-state index contributed by atoms with van der Waals surface area (Å²) in [7, 11) is 0. The van der Waals surface area contributed by atoms with Gasteiger partial charge >= 0.3 is 12.2 Å². The van der Waals surface area contributed by atoms with Crippen molar-refractivity contribution < 1.29 is 24.2 Å². The van der Waals surface area contributed by atoms with Crippen LogP contribution in [0.1, 0.15) is 25.1 Å². The molecule has 1 atom stereocenters. The van der Waals surface area contributed by atoms with Gasteiger partial charge in [-0.15, -0.1) is 5.10 Å². The van der Waals surface area contributed by atoms with E-state index in [1.165, 1.54) is 12.3 Å². The minimum absolute atomic E-state index is 0.0175. The Morgan fingerprint density at radius 3 is 2.47 bits per heavy atom. The Balaban J connectivity index is 1.90. The molecule has 1 saturated heterocycles. The standard InChI is InChI=1S/C25H25Cl2N11O5/c1-3-36(24(40)41)22-21-31-12-16(11-29)38(21)33-23(32-22)37(25(42)43-13-26)18-9-15(10-28)8-17(19(18)27)35-6-4-34(5-7-35)14(2)20(30)39/h8-9,12,14H,3-7,13H2,1-2H3,(H2,30,39)(H,40,41). The molecular weight excluding hydrogens is 605 g/mol. The molecule has 1 aromatic carbocycles. The van der Waals surface area contributed by atoms with Crippen LogP contribution in [-0.4, -0.2) is 92.5 Å². The third-order valence-electron chi connectivity index (χ3n) is 6.83. The van der Waals surface area contributed by atoms with E-state index in [0.717, 1.165) is 14.3 Å². The van der Waals surface area contributed by atoms with Crippen LogP contribution >= 0.6 is 23.2 Å². The van der Waals surface area contributed by atoms with E-state index in [9.17, 15) is 30.0 Å². The number of anilines is 4. The molecule has 16 nitrogen and oxygen atoms in total. The maximum absolute atomic E-state index is 13.4. The number of ether oxygens (including phenoxy) is 1. The van der Waals surface area contributed by atoms with Gasteiger partial charge in [0.2, 0.25) is 5.91 Å². The quantitative estimate of drug-likeness (QED) is 0.344. The molecule has 0 bridgehead atoms. The lowest BCUT2D eigenvalue weighted by molar-refractivity contribution is -0.122. The largest absolute Gasteiger partial charge is 0.465 e. The van der Waals surface area contributed by atoms with Gasteiger partial charge in [0.1, 0.15) is 6.07 Å². The first-order valence-corrected chi connectivity index (χ1v) is 13.7. The summed E-state index contributed by atoms with van der Waals surface area (Å²) in [6.07, 6.45) is -1.29. The second kappa shape index (κ2) is 13.0. The number of carboxylic acid groups (broad SMARTS) is 1. The number of alkyl halides is 1. The van der Waals surface area contributed by atoms with Crippen LogP contribution in [0.3, 0.4) is 0 Å². The second-order valence-corrected chi connectivity index (χ2v) is 9.75. The Morgan fingerprint density at radius 1 is 1.21 bits per heavy atom. The number of hydrogen-bond donors (Lipinski definition) is 2. The maximum Gasteiger partial charge on any atom is 0.422 e. The van der Waals surface area contributed by atoms with Crippen molar-refractivity contribution in [1.29, 1.82) is 10.5 Å². The molecule has 3 aromatic rings. The van der Waals surface area contributed by atoms with E-state index in [-0.39, 0.29) is 40.0 Å². The first-order chi connectivity index (χ1) is 20.6. The highest BCUT2D eigenvalue weighted by Crippen LogP contribution is 2.40. The summed E-state index contributed by atoms with van der Waals surface area (Å²) in [5.74, 6) is -1.11. The molecule has 1 aliphatic rings. The number of hydrogen-bond acceptors (Lipinski definition) is 11. The average Bonchev–Trinajstić information content (AvgIpc) is 3.41. The van der Waals surface area contributed by atoms with E-state index in [1.54, 1.807) is 19.9 Å². The van der Waals surface area contributed by atoms with E-state index in [1.807, 2.05) is 21.9 Å². The van der Waals surface area contributed by atoms with Gasteiger partial charge in [0.05, 0.1) is 40.3 Å². The molecule has 0 spiro atoms. The number of rotatable bonds is 8. The van der Waals surface area contributed by atoms with E-state index in [4.69, 9.17) is 33.7 Å². The first-order valence-electron chi connectivity index (χ1n) is 12.8. The number of imidazole rings is 1. The van der Waals surface area contributed by atoms with Gasteiger partial charge < -0.3 is 20.5 Å². The zero-order valence-electron chi connectivity index (χ0n) is 22.9. The molecule has 0 aliphatic carbocycles. The Kier molecular flexibility index (Phi) is 9.35. The van der Waals surface area contributed by atoms with Gasteiger partial charge in [-0.1, -0.05) is 23.2 Å². The molecule has 2 aromatic heterocycles. The summed E-state index contributed by atoms with van der Waals surface area (Å²) >= 11 is 12.6. The first kappa shape index (κ1) is 31.0. The number of primary amides is 1. The van der Waals surface area contributed by atoms with E-state index < -0.39 is 36.1 Å². The number of fused-ring (bicyclic) bond motifs is 1. The van der Waals surface area contributed by atoms with Crippen LogP contribution in [0.15, 0.2) is 18.3 Å². The minimum atomic E-state index is -1.37. The summed E-state index contributed by atoms with van der Waals surface area (Å²) in [4.78, 5) is 51.0. The van der Waals surface area contributed by atoms with Crippen LogP contribution in [0, 0.1) is 22.7 Å². The molecule has 3 N–H and O–H groups in total. The lowest BCUT2D eigenvalue weighted by Gasteiger charge is -2.38. The Labute approximate surface area is 255 Å². The number of nitrogens with two attached hydrogens (primary N) is 1. The minimum Gasteiger partial charge on any atom is -0.465 e. The summed E-state index contributed by atoms with van der Waals surface area (Å²) in [6, 6.07) is 5.76. The normalized spacial score (nSPS) is 14.0. The van der Waals surface area contributed by atoms with Crippen molar-refractivity contribution in [2.45, 2.75) is 19.9 Å². The number of carbonyl (C=O) groups excluding carboxylic acids is 2. The molecule has 1 aliphatic heterocycles. The smallest absolute Gasteiger partial charge is 0.422 e. The van der Waals surface area contributed by atoms with E-state index in [0.29, 0.717) is 31.9 Å². The van der Waals surface area contributed by atoms with Gasteiger partial charge in [-0.3, -0.25) is 14.6 Å². The molecule has 224 valence electrons. The van der Waals surface area contributed by atoms with Crippen molar-refractivity contribution in [1.82, 2.24) is 24.5 Å². The van der Waals surface area contributed by atoms with Crippen LogP contribution < -0.4 is 20.4 Å². The molecule has 3 heterocycles. The van der Waals surface area contributed by atoms with Gasteiger partial charge in [-0.05, 0) is 26.0 Å². The monoisotopic (exact) mass is 629 g/mol. The maximum atomic E-state index is 13.4. The Morgan fingerprint density at radius 2 is 1.91 bits per heavy atom. The number of aromatic nitrogens is 4. The van der Waals surface area contributed by atoms with Crippen molar-refractivity contribution in [2.24, 2.45) is 5.73 Å². The molecule has 3 amide bonds. The van der Waals surface area contributed by atoms with Crippen LogP contribution in [0.5, 0.6) is 0 Å². The predicted octanol–water partition coefficient (Wildman–Crippen LogP) is 2.49. The fraction of sp³-hybridized carbons (Fsp3) is 0.360. The molecule has 18 heteroatoms. The molecule has 0 saturated carbocycles. The van der Waals surface area contributed by atoms with Crippen LogP contribution in [0.4, 0.5) is 32.7 Å². The third-order valence-corrected chi connectivity index (χ3v) is 7.33. The summed E-state index contributed by atoms with van der Waals surface area (Å²) < 4.78 is 6.09. The molecule has 4 rings (SSSR count). The average molecular weight is 630 g/mol. The van der Waals surface area contributed by atoms with Gasteiger partial charge in [0.15, 0.2) is 23.2 Å². The topological polar surface area (TPSA) is 210 Å². The number of nitriles is 2. The number of halogens is 2. The van der Waals surface area contributed by atoms with Crippen LogP contribution in [0.25, 0.3) is 5.65 Å². The number of carbonyl (C=O) groups is 3. The molecular formula is C25H25Cl2N11O5. The number of benzene rings is 1. The second-order valence-electron chi connectivity index (χ2n) is 9.15. The summed E-state index contributed by atoms with van der Waals surface area (Å²) in [5, 5.41) is 33.6. The Bertz CT molecular complexity index is 1660. The fourth-order valence-electron chi connectivity index (χ4n) is 4.56. The van der Waals surface area contributed by atoms with Gasteiger partial charge in [0.25, 0.3) is 5.95 Å². The SMILES string of the molecule is CCN(C(=O)O)c1nc(N(C(=O)OCCl)c2cc(C#N)cc(N3CCN(C(C)C(N)=O)CC3)c2Cl)nn2c(C#N)cnc12. The predicted molar refractivity (Wildman–Crippen MR) is 154 cm³/mol. The molecule has 1 fully saturated rings. The summed E-state index contributed by atoms with van der Waals surface area (Å²) in [6.45, 7) is 4.97. The third kappa shape index (κ3) is 6.02. The van der Waals surface area contributed by atoms with Gasteiger partial charge in [-0.25, -0.2) is 19.5 Å². The number of amides is 3. The highest BCUT2D eigenvalue weighted by atomic mass is 35.5. The molecule has 0 radical (unpaired) electrons. The zero-order chi connectivity index (χ0) is 31.4. The Hall–Kier alpha value is -4.90. The highest BCUT2D eigenvalue weighted by molar-refractivity contribution is 6.36. The lowest BCUT2D eigenvalue weighted by Crippen LogP contribution is -2.53. The van der Waals surface area contributed by atoms with Crippen molar-refractivity contribution in [2.75, 3.05) is 53.5 Å². The lowest BCUT2D eigenvalue weighted by atomic mass is 10.1. The number of piperazine rings is 1. The van der Waals surface area contributed by atoms with Crippen molar-refractivity contribution in [3.63, 3.8) is 0 Å². The highest BCUT2D eigenvalue weighted by Gasteiger charge is 2.32. The van der Waals surface area contributed by atoms with Crippen molar-refractivity contribution >= 4 is 70.1 Å². The van der Waals surface area contributed by atoms with Gasteiger partial charge in [-0.2, -0.15) is 20.0 Å². The fourth-order valence-corrected chi connectivity index (χ4v) is 4.97. The molecule has 1 unspecified atom stereocenters. The van der Waals surface area contributed by atoms with E-state index >= 15 is 0 Å². The van der Waals surface area contributed by atoms with Crippen LogP contribution in [-0.2, 0) is 9.53 Å². The van der Waals surface area contributed by atoms with Gasteiger partial charge in [0, 0.05) is 32.7 Å². The molecule has 43 heavy (non-hydrogen) atoms. The van der Waals surface area contributed by atoms with Crippen LogP contribution in [0.2, 0.25) is 5.02 Å². The van der Waals surface area contributed by atoms with Crippen molar-refractivity contribution in [3.05, 3.63) is 34.6 Å². The number of nitrogens with zero attached hydrogens (tertiary/aromatic N) is 10.